The van der Waals surface area contributed by atoms with E-state index < -0.39 is 17.8 Å². The van der Waals surface area contributed by atoms with Gasteiger partial charge in [0.1, 0.15) is 0 Å². The summed E-state index contributed by atoms with van der Waals surface area (Å²) < 4.78 is 39.3. The lowest BCUT2D eigenvalue weighted by atomic mass is 10.1. The number of nitrogens with zero attached hydrogens (tertiary/aromatic N) is 1. The molecule has 1 heterocycles. The third-order valence-corrected chi connectivity index (χ3v) is 6.01. The number of carbonyl (C=O) groups excluding carboxylic acids is 1. The number of thioether (sulfide) groups is 1. The third kappa shape index (κ3) is 4.90. The maximum Gasteiger partial charge on any atom is 0.418 e. The van der Waals surface area contributed by atoms with Crippen LogP contribution in [0.25, 0.3) is 0 Å². The Balaban J connectivity index is 1.68. The van der Waals surface area contributed by atoms with Gasteiger partial charge in [-0.3, -0.25) is 0 Å². The summed E-state index contributed by atoms with van der Waals surface area (Å²) in [5.74, 6) is 0.685. The van der Waals surface area contributed by atoms with Crippen LogP contribution in [0, 0.1) is 0 Å². The van der Waals surface area contributed by atoms with E-state index in [0.29, 0.717) is 30.3 Å². The number of alkyl halides is 3. The summed E-state index contributed by atoms with van der Waals surface area (Å²) in [6.45, 7) is 0.911. The molecule has 144 valence electrons. The minimum atomic E-state index is -4.52. The standard InChI is InChI=1S/C19H18ClF3N2OS/c20-15-7-3-1-5-13(15)17-9-10-25(11-12-27-17)18(26)24-16-8-4-2-6-14(16)19(21,22)23/h1-8,17H,9-12H2,(H,24,26)/t17-/m0/s1. The van der Waals surface area contributed by atoms with Crippen molar-refractivity contribution in [2.75, 3.05) is 24.2 Å². The van der Waals surface area contributed by atoms with Crippen molar-refractivity contribution in [3.8, 4) is 0 Å². The fourth-order valence-electron chi connectivity index (χ4n) is 2.99. The zero-order valence-electron chi connectivity index (χ0n) is 14.3. The molecule has 1 atom stereocenters. The van der Waals surface area contributed by atoms with E-state index in [0.717, 1.165) is 11.6 Å². The highest BCUT2D eigenvalue weighted by Gasteiger charge is 2.34. The summed E-state index contributed by atoms with van der Waals surface area (Å²) in [7, 11) is 0. The van der Waals surface area contributed by atoms with Crippen LogP contribution in [0.2, 0.25) is 5.02 Å². The largest absolute Gasteiger partial charge is 0.418 e. The summed E-state index contributed by atoms with van der Waals surface area (Å²) in [6.07, 6.45) is -3.84. The Kier molecular flexibility index (Phi) is 6.22. The van der Waals surface area contributed by atoms with Gasteiger partial charge in [-0.15, -0.1) is 0 Å². The molecule has 1 aliphatic rings. The highest BCUT2D eigenvalue weighted by Crippen LogP contribution is 2.38. The number of amides is 2. The fraction of sp³-hybridized carbons (Fsp3) is 0.316. The normalized spacial score (nSPS) is 18.1. The van der Waals surface area contributed by atoms with Crippen molar-refractivity contribution < 1.29 is 18.0 Å². The average molecular weight is 415 g/mol. The quantitative estimate of drug-likeness (QED) is 0.646. The van der Waals surface area contributed by atoms with Crippen LogP contribution < -0.4 is 5.32 Å². The first-order valence-electron chi connectivity index (χ1n) is 8.44. The van der Waals surface area contributed by atoms with Gasteiger partial charge in [0, 0.05) is 29.1 Å². The predicted octanol–water partition coefficient (Wildman–Crippen LogP) is 6.07. The van der Waals surface area contributed by atoms with Crippen molar-refractivity contribution in [3.05, 3.63) is 64.7 Å². The van der Waals surface area contributed by atoms with Crippen LogP contribution >= 0.6 is 23.4 Å². The lowest BCUT2D eigenvalue weighted by Gasteiger charge is -2.22. The van der Waals surface area contributed by atoms with Crippen molar-refractivity contribution in [2.24, 2.45) is 0 Å². The number of para-hydroxylation sites is 1. The Morgan fingerprint density at radius 2 is 1.81 bits per heavy atom. The number of hydrogen-bond acceptors (Lipinski definition) is 2. The average Bonchev–Trinajstić information content (AvgIpc) is 2.88. The number of rotatable bonds is 2. The van der Waals surface area contributed by atoms with Crippen molar-refractivity contribution in [2.45, 2.75) is 17.8 Å². The van der Waals surface area contributed by atoms with Gasteiger partial charge in [0.15, 0.2) is 0 Å². The SMILES string of the molecule is O=C(Nc1ccccc1C(F)(F)F)N1CCS[C@H](c2ccccc2Cl)CC1. The zero-order chi connectivity index (χ0) is 19.4. The summed E-state index contributed by atoms with van der Waals surface area (Å²) in [5, 5.41) is 3.25. The van der Waals surface area contributed by atoms with Gasteiger partial charge in [0.05, 0.1) is 11.3 Å². The molecule has 1 saturated heterocycles. The first kappa shape index (κ1) is 19.9. The van der Waals surface area contributed by atoms with Crippen LogP contribution in [-0.2, 0) is 6.18 Å². The number of anilines is 1. The molecule has 0 aromatic heterocycles. The minimum Gasteiger partial charge on any atom is -0.324 e. The van der Waals surface area contributed by atoms with Crippen LogP contribution in [0.15, 0.2) is 48.5 Å². The molecule has 2 aromatic carbocycles. The van der Waals surface area contributed by atoms with Gasteiger partial charge in [0.2, 0.25) is 0 Å². The molecule has 2 amide bonds. The zero-order valence-corrected chi connectivity index (χ0v) is 15.9. The van der Waals surface area contributed by atoms with E-state index in [1.165, 1.54) is 18.2 Å². The first-order chi connectivity index (χ1) is 12.9. The molecule has 0 bridgehead atoms. The van der Waals surface area contributed by atoms with Crippen LogP contribution in [0.1, 0.15) is 22.8 Å². The Hall–Kier alpha value is -1.86. The molecule has 1 N–H and O–H groups in total. The van der Waals surface area contributed by atoms with Crippen molar-refractivity contribution >= 4 is 35.1 Å². The molecule has 0 spiro atoms. The van der Waals surface area contributed by atoms with Crippen molar-refractivity contribution in [1.82, 2.24) is 4.90 Å². The Morgan fingerprint density at radius 1 is 1.11 bits per heavy atom. The van der Waals surface area contributed by atoms with Crippen LogP contribution in [0.3, 0.4) is 0 Å². The second-order valence-corrected chi connectivity index (χ2v) is 7.85. The summed E-state index contributed by atoms with van der Waals surface area (Å²) in [6, 6.07) is 12.1. The monoisotopic (exact) mass is 414 g/mol. The Labute approximate surface area is 164 Å². The molecule has 1 aliphatic heterocycles. The number of hydrogen-bond donors (Lipinski definition) is 1. The number of halogens is 4. The molecule has 2 aromatic rings. The second kappa shape index (κ2) is 8.44. The molecule has 1 fully saturated rings. The number of urea groups is 1. The van der Waals surface area contributed by atoms with E-state index in [1.54, 1.807) is 16.7 Å². The topological polar surface area (TPSA) is 32.3 Å². The van der Waals surface area contributed by atoms with E-state index in [1.807, 2.05) is 24.3 Å². The minimum absolute atomic E-state index is 0.152. The van der Waals surface area contributed by atoms with E-state index in [2.05, 4.69) is 5.32 Å². The Bertz CT molecular complexity index is 816. The maximum absolute atomic E-state index is 13.1. The van der Waals surface area contributed by atoms with Crippen molar-refractivity contribution in [3.63, 3.8) is 0 Å². The van der Waals surface area contributed by atoms with Gasteiger partial charge in [-0.25, -0.2) is 4.79 Å². The van der Waals surface area contributed by atoms with E-state index in [9.17, 15) is 18.0 Å². The fourth-order valence-corrected chi connectivity index (χ4v) is 4.59. The second-order valence-electron chi connectivity index (χ2n) is 6.13. The lowest BCUT2D eigenvalue weighted by molar-refractivity contribution is -0.136. The molecule has 0 aliphatic carbocycles. The van der Waals surface area contributed by atoms with Gasteiger partial charge in [-0.05, 0) is 30.2 Å². The molecule has 8 heteroatoms. The van der Waals surface area contributed by atoms with Gasteiger partial charge in [0.25, 0.3) is 0 Å². The molecule has 0 saturated carbocycles. The highest BCUT2D eigenvalue weighted by atomic mass is 35.5. The summed E-state index contributed by atoms with van der Waals surface area (Å²) in [5.41, 5.74) is -0.0557. The van der Waals surface area contributed by atoms with Gasteiger partial charge in [-0.2, -0.15) is 24.9 Å². The van der Waals surface area contributed by atoms with Gasteiger partial charge >= 0.3 is 12.2 Å². The van der Waals surface area contributed by atoms with Gasteiger partial charge in [-0.1, -0.05) is 41.9 Å². The van der Waals surface area contributed by atoms with Gasteiger partial charge < -0.3 is 10.2 Å². The lowest BCUT2D eigenvalue weighted by Crippen LogP contribution is -2.37. The predicted molar refractivity (Wildman–Crippen MR) is 103 cm³/mol. The van der Waals surface area contributed by atoms with E-state index >= 15 is 0 Å². The number of benzene rings is 2. The smallest absolute Gasteiger partial charge is 0.324 e. The molecule has 27 heavy (non-hydrogen) atoms. The van der Waals surface area contributed by atoms with Crippen LogP contribution in [0.5, 0.6) is 0 Å². The molecule has 3 nitrogen and oxygen atoms in total. The third-order valence-electron chi connectivity index (χ3n) is 4.35. The molecule has 3 rings (SSSR count). The van der Waals surface area contributed by atoms with Crippen molar-refractivity contribution in [1.29, 1.82) is 0 Å². The van der Waals surface area contributed by atoms with E-state index in [-0.39, 0.29) is 10.9 Å². The van der Waals surface area contributed by atoms with Crippen LogP contribution in [0.4, 0.5) is 23.7 Å². The Morgan fingerprint density at radius 3 is 2.56 bits per heavy atom. The molecule has 0 unspecified atom stereocenters. The summed E-state index contributed by atoms with van der Waals surface area (Å²) in [4.78, 5) is 14.1. The number of nitrogens with one attached hydrogen (secondary N) is 1. The van der Waals surface area contributed by atoms with Crippen LogP contribution in [-0.4, -0.2) is 29.8 Å². The maximum atomic E-state index is 13.1. The highest BCUT2D eigenvalue weighted by molar-refractivity contribution is 7.99. The molecular formula is C19H18ClF3N2OS. The molecular weight excluding hydrogens is 397 g/mol. The number of carbonyl (C=O) groups is 1. The summed E-state index contributed by atoms with van der Waals surface area (Å²) >= 11 is 7.96. The molecule has 0 radical (unpaired) electrons. The van der Waals surface area contributed by atoms with E-state index in [4.69, 9.17) is 11.6 Å². The first-order valence-corrected chi connectivity index (χ1v) is 9.87.